The average Bonchev–Trinajstić information content (AvgIpc) is 3.38. The highest BCUT2D eigenvalue weighted by Gasteiger charge is 2.42. The van der Waals surface area contributed by atoms with Crippen LogP contribution in [0.4, 0.5) is 0 Å². The van der Waals surface area contributed by atoms with Crippen molar-refractivity contribution >= 4 is 23.3 Å². The number of nitrogens with one attached hydrogen (secondary N) is 1. The van der Waals surface area contributed by atoms with Crippen molar-refractivity contribution in [2.45, 2.75) is 70.0 Å². The molecule has 0 aliphatic heterocycles. The van der Waals surface area contributed by atoms with Gasteiger partial charge in [-0.1, -0.05) is 53.6 Å². The van der Waals surface area contributed by atoms with Crippen molar-refractivity contribution in [3.8, 4) is 0 Å². The van der Waals surface area contributed by atoms with Gasteiger partial charge in [0.1, 0.15) is 6.04 Å². The van der Waals surface area contributed by atoms with E-state index in [1.807, 2.05) is 31.2 Å². The van der Waals surface area contributed by atoms with E-state index in [0.717, 1.165) is 61.2 Å². The molecular weight excluding hydrogens is 372 g/mol. The summed E-state index contributed by atoms with van der Waals surface area (Å²) < 4.78 is 3.83. The maximum Gasteiger partial charge on any atom is 0.276 e. The summed E-state index contributed by atoms with van der Waals surface area (Å²) in [5.74, 6) is -0.289. The highest BCUT2D eigenvalue weighted by Crippen LogP contribution is 2.36. The van der Waals surface area contributed by atoms with Gasteiger partial charge in [-0.3, -0.25) is 9.59 Å². The quantitative estimate of drug-likeness (QED) is 0.806. The number of aryl methyl sites for hydroxylation is 1. The number of rotatable bonds is 6. The second-order valence-corrected chi connectivity index (χ2v) is 8.50. The Morgan fingerprint density at radius 1 is 1.18 bits per heavy atom. The molecule has 1 aromatic carbocycles. The molecule has 148 valence electrons. The number of carbonyl (C=O) groups excluding carboxylic acids is 2. The van der Waals surface area contributed by atoms with E-state index in [0.29, 0.717) is 5.69 Å². The number of amides is 2. The van der Waals surface area contributed by atoms with Crippen LogP contribution in [0.2, 0.25) is 0 Å². The van der Waals surface area contributed by atoms with E-state index in [-0.39, 0.29) is 23.9 Å². The number of aromatic nitrogens is 2. The average molecular weight is 399 g/mol. The number of hydrogen-bond donors (Lipinski definition) is 1. The van der Waals surface area contributed by atoms with Crippen LogP contribution >= 0.6 is 11.5 Å². The fourth-order valence-corrected chi connectivity index (χ4v) is 4.47. The fourth-order valence-electron chi connectivity index (χ4n) is 4.04. The van der Waals surface area contributed by atoms with Gasteiger partial charge in [0.2, 0.25) is 5.91 Å². The van der Waals surface area contributed by atoms with Gasteiger partial charge in [0, 0.05) is 17.5 Å². The molecule has 0 radical (unpaired) electrons. The Labute approximate surface area is 169 Å². The van der Waals surface area contributed by atoms with Crippen molar-refractivity contribution in [3.63, 3.8) is 0 Å². The van der Waals surface area contributed by atoms with Crippen LogP contribution in [0.3, 0.4) is 0 Å². The summed E-state index contributed by atoms with van der Waals surface area (Å²) in [5, 5.41) is 8.85. The molecule has 4 rings (SSSR count). The van der Waals surface area contributed by atoms with Gasteiger partial charge in [-0.25, -0.2) is 0 Å². The molecule has 1 atom stereocenters. The van der Waals surface area contributed by atoms with Gasteiger partial charge in [0.25, 0.3) is 5.91 Å². The molecule has 7 heteroatoms. The molecule has 0 saturated heterocycles. The standard InChI is InChI=1S/C21H26N4O2S/c1-14-6-5-7-15(12-14)19(20(26)22-16-8-3-2-4-9-16)25(17-10-11-17)21(27)18-13-28-24-23-18/h5-7,12-13,16-17,19H,2-4,8-11H2,1H3,(H,22,26)/t19-/m0/s1. The summed E-state index contributed by atoms with van der Waals surface area (Å²) in [5.41, 5.74) is 2.25. The van der Waals surface area contributed by atoms with Crippen molar-refractivity contribution in [1.82, 2.24) is 19.8 Å². The normalized spacial score (nSPS) is 18.5. The zero-order chi connectivity index (χ0) is 19.5. The smallest absolute Gasteiger partial charge is 0.276 e. The van der Waals surface area contributed by atoms with Gasteiger partial charge < -0.3 is 10.2 Å². The Morgan fingerprint density at radius 3 is 2.61 bits per heavy atom. The number of benzene rings is 1. The van der Waals surface area contributed by atoms with E-state index < -0.39 is 6.04 Å². The van der Waals surface area contributed by atoms with E-state index in [9.17, 15) is 9.59 Å². The van der Waals surface area contributed by atoms with E-state index in [1.54, 1.807) is 10.3 Å². The SMILES string of the molecule is Cc1cccc([C@@H](C(=O)NC2CCCCC2)N(C(=O)c2csnn2)C2CC2)c1. The van der Waals surface area contributed by atoms with Crippen LogP contribution in [-0.4, -0.2) is 38.4 Å². The van der Waals surface area contributed by atoms with Crippen molar-refractivity contribution in [2.75, 3.05) is 0 Å². The molecule has 2 saturated carbocycles. The van der Waals surface area contributed by atoms with Gasteiger partial charge in [-0.15, -0.1) is 5.10 Å². The molecule has 2 fully saturated rings. The van der Waals surface area contributed by atoms with Crippen LogP contribution in [0.5, 0.6) is 0 Å². The molecular formula is C21H26N4O2S. The summed E-state index contributed by atoms with van der Waals surface area (Å²) in [6, 6.07) is 7.55. The summed E-state index contributed by atoms with van der Waals surface area (Å²) in [7, 11) is 0. The molecule has 1 heterocycles. The second kappa shape index (κ2) is 8.39. The third kappa shape index (κ3) is 4.24. The minimum absolute atomic E-state index is 0.0804. The molecule has 1 N–H and O–H groups in total. The van der Waals surface area contributed by atoms with Crippen LogP contribution in [0.1, 0.15) is 72.6 Å². The monoisotopic (exact) mass is 398 g/mol. The lowest BCUT2D eigenvalue weighted by Crippen LogP contribution is -2.48. The molecule has 2 aromatic rings. The molecule has 2 amide bonds. The van der Waals surface area contributed by atoms with Gasteiger partial charge in [0.15, 0.2) is 5.69 Å². The Balaban J connectivity index is 1.66. The topological polar surface area (TPSA) is 75.2 Å². The molecule has 1 aromatic heterocycles. The molecule has 0 unspecified atom stereocenters. The fraction of sp³-hybridized carbons (Fsp3) is 0.524. The Morgan fingerprint density at radius 2 is 1.96 bits per heavy atom. The number of hydrogen-bond acceptors (Lipinski definition) is 5. The minimum Gasteiger partial charge on any atom is -0.351 e. The predicted octanol–water partition coefficient (Wildman–Crippen LogP) is 3.64. The third-order valence-electron chi connectivity index (χ3n) is 5.59. The van der Waals surface area contributed by atoms with E-state index in [4.69, 9.17) is 0 Å². The Hall–Kier alpha value is -2.28. The lowest BCUT2D eigenvalue weighted by molar-refractivity contribution is -0.127. The van der Waals surface area contributed by atoms with Crippen molar-refractivity contribution in [3.05, 3.63) is 46.5 Å². The molecule has 0 bridgehead atoms. The van der Waals surface area contributed by atoms with E-state index in [2.05, 4.69) is 14.9 Å². The van der Waals surface area contributed by atoms with E-state index >= 15 is 0 Å². The van der Waals surface area contributed by atoms with Crippen LogP contribution in [0.25, 0.3) is 0 Å². The molecule has 6 nitrogen and oxygen atoms in total. The van der Waals surface area contributed by atoms with Crippen LogP contribution in [0, 0.1) is 6.92 Å². The predicted molar refractivity (Wildman–Crippen MR) is 108 cm³/mol. The van der Waals surface area contributed by atoms with Crippen LogP contribution < -0.4 is 5.32 Å². The minimum atomic E-state index is -0.636. The van der Waals surface area contributed by atoms with Gasteiger partial charge >= 0.3 is 0 Å². The van der Waals surface area contributed by atoms with Gasteiger partial charge in [-0.05, 0) is 49.7 Å². The molecule has 0 spiro atoms. The van der Waals surface area contributed by atoms with Crippen LogP contribution in [0.15, 0.2) is 29.6 Å². The zero-order valence-corrected chi connectivity index (χ0v) is 17.0. The van der Waals surface area contributed by atoms with Crippen molar-refractivity contribution < 1.29 is 9.59 Å². The first kappa shape index (κ1) is 19.1. The number of carbonyl (C=O) groups is 2. The first-order chi connectivity index (χ1) is 13.6. The Kier molecular flexibility index (Phi) is 5.71. The maximum atomic E-state index is 13.4. The van der Waals surface area contributed by atoms with Crippen molar-refractivity contribution in [1.29, 1.82) is 0 Å². The first-order valence-corrected chi connectivity index (χ1v) is 10.9. The highest BCUT2D eigenvalue weighted by molar-refractivity contribution is 7.03. The molecule has 28 heavy (non-hydrogen) atoms. The molecule has 2 aliphatic carbocycles. The second-order valence-electron chi connectivity index (χ2n) is 7.89. The molecule has 2 aliphatic rings. The zero-order valence-electron chi connectivity index (χ0n) is 16.1. The Bertz CT molecular complexity index is 829. The third-order valence-corrected chi connectivity index (χ3v) is 6.09. The first-order valence-electron chi connectivity index (χ1n) is 10.1. The highest BCUT2D eigenvalue weighted by atomic mass is 32.1. The van der Waals surface area contributed by atoms with E-state index in [1.165, 1.54) is 6.42 Å². The summed E-state index contributed by atoms with van der Waals surface area (Å²) in [6.07, 6.45) is 7.40. The number of nitrogens with zero attached hydrogens (tertiary/aromatic N) is 3. The van der Waals surface area contributed by atoms with Gasteiger partial charge in [-0.2, -0.15) is 0 Å². The van der Waals surface area contributed by atoms with Gasteiger partial charge in [0.05, 0.1) is 0 Å². The summed E-state index contributed by atoms with van der Waals surface area (Å²) in [6.45, 7) is 2.01. The lowest BCUT2D eigenvalue weighted by Gasteiger charge is -2.33. The lowest BCUT2D eigenvalue weighted by atomic mass is 9.94. The van der Waals surface area contributed by atoms with Crippen LogP contribution in [-0.2, 0) is 4.79 Å². The summed E-state index contributed by atoms with van der Waals surface area (Å²) in [4.78, 5) is 28.4. The van der Waals surface area contributed by atoms with Crippen molar-refractivity contribution in [2.24, 2.45) is 0 Å². The largest absolute Gasteiger partial charge is 0.351 e. The maximum absolute atomic E-state index is 13.4. The summed E-state index contributed by atoms with van der Waals surface area (Å²) >= 11 is 1.16.